The van der Waals surface area contributed by atoms with Crippen molar-refractivity contribution < 1.29 is 27.8 Å². The summed E-state index contributed by atoms with van der Waals surface area (Å²) in [4.78, 5) is 12.7. The number of hydrazone groups is 1. The second-order valence-electron chi connectivity index (χ2n) is 8.91. The van der Waals surface area contributed by atoms with Gasteiger partial charge in [-0.15, -0.1) is 0 Å². The van der Waals surface area contributed by atoms with Crippen LogP contribution in [0.2, 0.25) is 0 Å². The summed E-state index contributed by atoms with van der Waals surface area (Å²) in [5, 5.41) is 14.3. The minimum atomic E-state index is -5.10. The second kappa shape index (κ2) is 9.19. The van der Waals surface area contributed by atoms with Crippen molar-refractivity contribution in [2.75, 3.05) is 6.61 Å². The van der Waals surface area contributed by atoms with Crippen molar-refractivity contribution in [2.45, 2.75) is 37.6 Å². The number of alkyl halides is 3. The molecule has 0 aromatic heterocycles. The molecule has 1 aliphatic rings. The topological polar surface area (TPSA) is 62.1 Å². The van der Waals surface area contributed by atoms with Crippen LogP contribution in [0.25, 0.3) is 0 Å². The Kier molecular flexibility index (Phi) is 6.42. The third kappa shape index (κ3) is 4.79. The van der Waals surface area contributed by atoms with Crippen LogP contribution in [0.4, 0.5) is 13.2 Å². The lowest BCUT2D eigenvalue weighted by atomic mass is 9.78. The van der Waals surface area contributed by atoms with E-state index in [4.69, 9.17) is 4.74 Å². The summed E-state index contributed by atoms with van der Waals surface area (Å²) in [7, 11) is 0. The Bertz CT molecular complexity index is 1210. The number of ether oxygens (including phenoxy) is 1. The standard InChI is InChI=1S/C27H25F3N2O3/c1-25(2,20-11-7-4-8-12-20)21-13-15-22(16-14-21)35-18-24(33)32-26(34,27(28,29)30)17-23(31-32)19-9-5-3-6-10-19/h3-16,34H,17-18H2,1-2H3/t26-/m1/s1. The predicted octanol–water partition coefficient (Wildman–Crippen LogP) is 5.28. The molecule has 1 atom stereocenters. The largest absolute Gasteiger partial charge is 0.484 e. The first kappa shape index (κ1) is 24.5. The third-order valence-electron chi connectivity index (χ3n) is 6.22. The molecule has 0 radical (unpaired) electrons. The fraction of sp³-hybridized carbons (Fsp3) is 0.259. The fourth-order valence-electron chi connectivity index (χ4n) is 4.02. The van der Waals surface area contributed by atoms with Gasteiger partial charge in [0, 0.05) is 5.41 Å². The second-order valence-corrected chi connectivity index (χ2v) is 8.91. The molecule has 0 fully saturated rings. The Balaban J connectivity index is 1.49. The number of carbonyl (C=O) groups is 1. The summed E-state index contributed by atoms with van der Waals surface area (Å²) in [5.41, 5.74) is -1.24. The maximum Gasteiger partial charge on any atom is 0.438 e. The van der Waals surface area contributed by atoms with Gasteiger partial charge in [0.25, 0.3) is 11.6 Å². The van der Waals surface area contributed by atoms with Gasteiger partial charge in [0.2, 0.25) is 0 Å². The average Bonchev–Trinajstić information content (AvgIpc) is 3.23. The van der Waals surface area contributed by atoms with Crippen LogP contribution in [-0.4, -0.2) is 40.2 Å². The number of halogens is 3. The number of benzene rings is 3. The molecule has 1 N–H and O–H groups in total. The maximum absolute atomic E-state index is 13.7. The normalized spacial score (nSPS) is 18.3. The van der Waals surface area contributed by atoms with Gasteiger partial charge in [0.1, 0.15) is 5.75 Å². The Hall–Kier alpha value is -3.65. The van der Waals surface area contributed by atoms with Crippen LogP contribution in [0.1, 0.15) is 37.0 Å². The van der Waals surface area contributed by atoms with E-state index in [2.05, 4.69) is 18.9 Å². The molecule has 0 saturated heterocycles. The fourth-order valence-corrected chi connectivity index (χ4v) is 4.02. The number of amides is 1. The number of hydrogen-bond acceptors (Lipinski definition) is 4. The lowest BCUT2D eigenvalue weighted by Gasteiger charge is -2.32. The molecule has 1 amide bonds. The monoisotopic (exact) mass is 482 g/mol. The predicted molar refractivity (Wildman–Crippen MR) is 126 cm³/mol. The Labute approximate surface area is 201 Å². The van der Waals surface area contributed by atoms with Crippen LogP contribution >= 0.6 is 0 Å². The highest BCUT2D eigenvalue weighted by Gasteiger charge is 2.63. The number of nitrogens with zero attached hydrogens (tertiary/aromatic N) is 2. The molecule has 4 rings (SSSR count). The molecule has 3 aromatic rings. The Morgan fingerprint density at radius 1 is 0.943 bits per heavy atom. The first-order valence-electron chi connectivity index (χ1n) is 11.1. The van der Waals surface area contributed by atoms with Crippen LogP contribution in [-0.2, 0) is 10.2 Å². The average molecular weight is 483 g/mol. The van der Waals surface area contributed by atoms with Crippen molar-refractivity contribution in [3.8, 4) is 5.75 Å². The molecule has 0 saturated carbocycles. The minimum absolute atomic E-state index is 0.0359. The quantitative estimate of drug-likeness (QED) is 0.520. The van der Waals surface area contributed by atoms with E-state index in [-0.39, 0.29) is 16.1 Å². The molecule has 35 heavy (non-hydrogen) atoms. The van der Waals surface area contributed by atoms with Crippen LogP contribution < -0.4 is 4.74 Å². The lowest BCUT2D eigenvalue weighted by molar-refractivity contribution is -0.302. The van der Waals surface area contributed by atoms with Crippen LogP contribution in [0.15, 0.2) is 90.0 Å². The summed E-state index contributed by atoms with van der Waals surface area (Å²) in [6, 6.07) is 25.1. The molecular formula is C27H25F3N2O3. The van der Waals surface area contributed by atoms with Gasteiger partial charge in [-0.05, 0) is 28.8 Å². The van der Waals surface area contributed by atoms with Gasteiger partial charge in [-0.2, -0.15) is 23.3 Å². The first-order chi connectivity index (χ1) is 16.5. The molecule has 0 spiro atoms. The van der Waals surface area contributed by atoms with Crippen LogP contribution in [0, 0.1) is 0 Å². The van der Waals surface area contributed by atoms with Crippen molar-refractivity contribution in [3.05, 3.63) is 102 Å². The SMILES string of the molecule is CC(C)(c1ccccc1)c1ccc(OCC(=O)N2N=C(c3ccccc3)C[C@@]2(O)C(F)(F)F)cc1. The van der Waals surface area contributed by atoms with E-state index >= 15 is 0 Å². The first-order valence-corrected chi connectivity index (χ1v) is 11.1. The molecule has 3 aromatic carbocycles. The van der Waals surface area contributed by atoms with E-state index in [1.807, 2.05) is 42.5 Å². The highest BCUT2D eigenvalue weighted by Crippen LogP contribution is 2.41. The molecule has 1 heterocycles. The zero-order valence-electron chi connectivity index (χ0n) is 19.3. The zero-order valence-corrected chi connectivity index (χ0v) is 19.3. The van der Waals surface area contributed by atoms with Crippen LogP contribution in [0.3, 0.4) is 0 Å². The summed E-state index contributed by atoms with van der Waals surface area (Å²) in [5.74, 6) is -0.794. The third-order valence-corrected chi connectivity index (χ3v) is 6.22. The highest BCUT2D eigenvalue weighted by molar-refractivity contribution is 6.03. The number of aliphatic hydroxyl groups is 1. The van der Waals surface area contributed by atoms with Crippen molar-refractivity contribution >= 4 is 11.6 Å². The van der Waals surface area contributed by atoms with Gasteiger partial charge in [0.05, 0.1) is 12.1 Å². The molecule has 1 aliphatic heterocycles. The van der Waals surface area contributed by atoms with Gasteiger partial charge in [-0.1, -0.05) is 86.6 Å². The summed E-state index contributed by atoms with van der Waals surface area (Å²) < 4.78 is 46.7. The van der Waals surface area contributed by atoms with E-state index in [0.717, 1.165) is 11.1 Å². The zero-order chi connectivity index (χ0) is 25.3. The Morgan fingerprint density at radius 2 is 1.49 bits per heavy atom. The van der Waals surface area contributed by atoms with Gasteiger partial charge in [0.15, 0.2) is 6.61 Å². The number of hydrogen-bond donors (Lipinski definition) is 1. The summed E-state index contributed by atoms with van der Waals surface area (Å²) >= 11 is 0. The van der Waals surface area contributed by atoms with Crippen molar-refractivity contribution in [1.29, 1.82) is 0 Å². The van der Waals surface area contributed by atoms with Crippen LogP contribution in [0.5, 0.6) is 5.75 Å². The molecule has 0 bridgehead atoms. The van der Waals surface area contributed by atoms with Gasteiger partial charge >= 0.3 is 6.18 Å². The molecular weight excluding hydrogens is 457 g/mol. The van der Waals surface area contributed by atoms with Crippen molar-refractivity contribution in [2.24, 2.45) is 5.10 Å². The molecule has 0 aliphatic carbocycles. The number of carbonyl (C=O) groups excluding carboxylic acids is 1. The maximum atomic E-state index is 13.7. The van der Waals surface area contributed by atoms with Gasteiger partial charge < -0.3 is 9.84 Å². The Morgan fingerprint density at radius 3 is 2.06 bits per heavy atom. The van der Waals surface area contributed by atoms with Gasteiger partial charge in [-0.3, -0.25) is 4.79 Å². The van der Waals surface area contributed by atoms with Crippen molar-refractivity contribution in [1.82, 2.24) is 5.01 Å². The molecule has 0 unspecified atom stereocenters. The number of rotatable bonds is 6. The smallest absolute Gasteiger partial charge is 0.438 e. The van der Waals surface area contributed by atoms with Gasteiger partial charge in [-0.25, -0.2) is 0 Å². The van der Waals surface area contributed by atoms with Crippen molar-refractivity contribution in [3.63, 3.8) is 0 Å². The highest BCUT2D eigenvalue weighted by atomic mass is 19.4. The van der Waals surface area contributed by atoms with E-state index in [1.54, 1.807) is 42.5 Å². The molecule has 182 valence electrons. The lowest BCUT2D eigenvalue weighted by Crippen LogP contribution is -2.57. The minimum Gasteiger partial charge on any atom is -0.484 e. The molecule has 8 heteroatoms. The summed E-state index contributed by atoms with van der Waals surface area (Å²) in [6.45, 7) is 3.44. The van der Waals surface area contributed by atoms with E-state index in [0.29, 0.717) is 11.3 Å². The molecule has 5 nitrogen and oxygen atoms in total. The summed E-state index contributed by atoms with van der Waals surface area (Å²) in [6.07, 6.45) is -5.97. The van der Waals surface area contributed by atoms with E-state index in [9.17, 15) is 23.1 Å². The van der Waals surface area contributed by atoms with E-state index in [1.165, 1.54) is 0 Å². The van der Waals surface area contributed by atoms with E-state index < -0.39 is 30.8 Å².